The van der Waals surface area contributed by atoms with Crippen molar-refractivity contribution in [3.8, 4) is 0 Å². The number of likely N-dealkylation sites (tertiary alicyclic amines) is 1. The van der Waals surface area contributed by atoms with Crippen molar-refractivity contribution < 1.29 is 0 Å². The number of aromatic nitrogens is 4. The van der Waals surface area contributed by atoms with Gasteiger partial charge >= 0.3 is 0 Å². The third-order valence-corrected chi connectivity index (χ3v) is 3.93. The second-order valence-corrected chi connectivity index (χ2v) is 5.94. The first kappa shape index (κ1) is 14.8. The Hall–Kier alpha value is -2.08. The molecular weight excluding hydrogens is 276 g/mol. The number of aryl methyl sites for hydroxylation is 1. The maximum Gasteiger partial charge on any atom is 0.228 e. The normalized spacial score (nSPS) is 18.8. The molecule has 0 amide bonds. The van der Waals surface area contributed by atoms with Crippen LogP contribution in [0.1, 0.15) is 44.2 Å². The lowest BCUT2D eigenvalue weighted by atomic mass is 10.2. The van der Waals surface area contributed by atoms with E-state index in [-0.39, 0.29) is 0 Å². The first-order valence-corrected chi connectivity index (χ1v) is 7.79. The predicted molar refractivity (Wildman–Crippen MR) is 85.9 cm³/mol. The quantitative estimate of drug-likeness (QED) is 0.936. The Balaban J connectivity index is 1.87. The SMILES string of the molecule is Cc1cc(Nc2ncccn2)nc(C2CCCN2C(C)C)n1. The van der Waals surface area contributed by atoms with Gasteiger partial charge in [-0.2, -0.15) is 0 Å². The smallest absolute Gasteiger partial charge is 0.228 e. The van der Waals surface area contributed by atoms with E-state index in [0.717, 1.165) is 30.3 Å². The molecule has 22 heavy (non-hydrogen) atoms. The van der Waals surface area contributed by atoms with Crippen molar-refractivity contribution in [2.45, 2.75) is 45.7 Å². The van der Waals surface area contributed by atoms with Crippen molar-refractivity contribution in [1.82, 2.24) is 24.8 Å². The highest BCUT2D eigenvalue weighted by atomic mass is 15.2. The Kier molecular flexibility index (Phi) is 4.29. The summed E-state index contributed by atoms with van der Waals surface area (Å²) in [5.74, 6) is 2.20. The van der Waals surface area contributed by atoms with E-state index < -0.39 is 0 Å². The number of rotatable bonds is 4. The summed E-state index contributed by atoms with van der Waals surface area (Å²) in [4.78, 5) is 20.2. The van der Waals surface area contributed by atoms with Crippen LogP contribution in [0.3, 0.4) is 0 Å². The lowest BCUT2D eigenvalue weighted by Crippen LogP contribution is -2.31. The molecule has 2 aromatic heterocycles. The standard InChI is InChI=1S/C16H22N6/c1-11(2)22-9-4-6-13(22)15-19-12(3)10-14(20-15)21-16-17-7-5-8-18-16/h5,7-8,10-11,13H,4,6,9H2,1-3H3,(H,17,18,19,20,21). The van der Waals surface area contributed by atoms with Crippen LogP contribution in [0.25, 0.3) is 0 Å². The number of nitrogens with zero attached hydrogens (tertiary/aromatic N) is 5. The van der Waals surface area contributed by atoms with Gasteiger partial charge in [-0.15, -0.1) is 0 Å². The highest BCUT2D eigenvalue weighted by Gasteiger charge is 2.30. The van der Waals surface area contributed by atoms with E-state index in [4.69, 9.17) is 4.98 Å². The molecule has 1 unspecified atom stereocenters. The molecule has 6 heteroatoms. The zero-order valence-electron chi connectivity index (χ0n) is 13.3. The average molecular weight is 298 g/mol. The van der Waals surface area contributed by atoms with Crippen LogP contribution >= 0.6 is 0 Å². The fraction of sp³-hybridized carbons (Fsp3) is 0.500. The molecule has 0 radical (unpaired) electrons. The number of nitrogens with one attached hydrogen (secondary N) is 1. The molecule has 1 aliphatic heterocycles. The minimum Gasteiger partial charge on any atom is -0.309 e. The predicted octanol–water partition coefficient (Wildman–Crippen LogP) is 2.86. The van der Waals surface area contributed by atoms with E-state index in [9.17, 15) is 0 Å². The van der Waals surface area contributed by atoms with Crippen molar-refractivity contribution in [3.05, 3.63) is 36.0 Å². The van der Waals surface area contributed by atoms with Gasteiger partial charge < -0.3 is 5.32 Å². The summed E-state index contributed by atoms with van der Waals surface area (Å²) in [6.07, 6.45) is 5.73. The Morgan fingerprint density at radius 3 is 2.73 bits per heavy atom. The van der Waals surface area contributed by atoms with Gasteiger partial charge in [0.15, 0.2) is 0 Å². The average Bonchev–Trinajstić information content (AvgIpc) is 2.97. The summed E-state index contributed by atoms with van der Waals surface area (Å²) in [6, 6.07) is 4.53. The fourth-order valence-electron chi connectivity index (χ4n) is 2.97. The van der Waals surface area contributed by atoms with E-state index in [2.05, 4.69) is 39.0 Å². The molecular formula is C16H22N6. The first-order chi connectivity index (χ1) is 10.6. The Labute approximate surface area is 131 Å². The Morgan fingerprint density at radius 2 is 2.00 bits per heavy atom. The second-order valence-electron chi connectivity index (χ2n) is 5.94. The lowest BCUT2D eigenvalue weighted by molar-refractivity contribution is 0.198. The molecule has 2 aromatic rings. The monoisotopic (exact) mass is 298 g/mol. The maximum atomic E-state index is 4.70. The van der Waals surface area contributed by atoms with Crippen LogP contribution in [0.4, 0.5) is 11.8 Å². The van der Waals surface area contributed by atoms with Crippen LogP contribution in [0.15, 0.2) is 24.5 Å². The van der Waals surface area contributed by atoms with Gasteiger partial charge in [-0.25, -0.2) is 19.9 Å². The van der Waals surface area contributed by atoms with E-state index >= 15 is 0 Å². The van der Waals surface area contributed by atoms with Gasteiger partial charge in [-0.05, 0) is 46.2 Å². The molecule has 116 valence electrons. The summed E-state index contributed by atoms with van der Waals surface area (Å²) >= 11 is 0. The van der Waals surface area contributed by atoms with E-state index in [1.807, 2.05) is 13.0 Å². The molecule has 3 heterocycles. The molecule has 0 aliphatic carbocycles. The molecule has 0 spiro atoms. The van der Waals surface area contributed by atoms with Crippen LogP contribution in [0.2, 0.25) is 0 Å². The van der Waals surface area contributed by atoms with Crippen LogP contribution in [0, 0.1) is 6.92 Å². The summed E-state index contributed by atoms with van der Waals surface area (Å²) in [5, 5.41) is 3.16. The topological polar surface area (TPSA) is 66.8 Å². The Bertz CT molecular complexity index is 628. The minimum atomic E-state index is 0.303. The van der Waals surface area contributed by atoms with E-state index in [0.29, 0.717) is 18.0 Å². The van der Waals surface area contributed by atoms with Gasteiger partial charge in [0.25, 0.3) is 0 Å². The highest BCUT2D eigenvalue weighted by Crippen LogP contribution is 2.32. The van der Waals surface area contributed by atoms with Crippen molar-refractivity contribution in [3.63, 3.8) is 0 Å². The molecule has 1 saturated heterocycles. The summed E-state index contributed by atoms with van der Waals surface area (Å²) in [6.45, 7) is 7.57. The molecule has 6 nitrogen and oxygen atoms in total. The zero-order chi connectivity index (χ0) is 15.5. The lowest BCUT2D eigenvalue weighted by Gasteiger charge is -2.27. The first-order valence-electron chi connectivity index (χ1n) is 7.79. The van der Waals surface area contributed by atoms with Crippen LogP contribution < -0.4 is 5.32 Å². The van der Waals surface area contributed by atoms with E-state index in [1.54, 1.807) is 18.5 Å². The third kappa shape index (κ3) is 3.22. The Morgan fingerprint density at radius 1 is 1.23 bits per heavy atom. The van der Waals surface area contributed by atoms with Crippen LogP contribution in [0.5, 0.6) is 0 Å². The molecule has 0 saturated carbocycles. The van der Waals surface area contributed by atoms with Crippen molar-refractivity contribution >= 4 is 11.8 Å². The number of anilines is 2. The van der Waals surface area contributed by atoms with Gasteiger partial charge in [0.1, 0.15) is 11.6 Å². The third-order valence-electron chi connectivity index (χ3n) is 3.93. The van der Waals surface area contributed by atoms with Crippen molar-refractivity contribution in [2.24, 2.45) is 0 Å². The molecule has 1 fully saturated rings. The summed E-state index contributed by atoms with van der Waals surface area (Å²) in [5.41, 5.74) is 0.957. The summed E-state index contributed by atoms with van der Waals surface area (Å²) in [7, 11) is 0. The molecule has 1 N–H and O–H groups in total. The summed E-state index contributed by atoms with van der Waals surface area (Å²) < 4.78 is 0. The van der Waals surface area contributed by atoms with Gasteiger partial charge in [0.05, 0.1) is 6.04 Å². The molecule has 0 aromatic carbocycles. The molecule has 1 aliphatic rings. The fourth-order valence-corrected chi connectivity index (χ4v) is 2.97. The number of hydrogen-bond donors (Lipinski definition) is 1. The molecule has 0 bridgehead atoms. The largest absolute Gasteiger partial charge is 0.309 e. The van der Waals surface area contributed by atoms with Gasteiger partial charge in [-0.1, -0.05) is 0 Å². The molecule has 1 atom stereocenters. The molecule has 3 rings (SSSR count). The second kappa shape index (κ2) is 6.36. The van der Waals surface area contributed by atoms with Crippen LogP contribution in [-0.2, 0) is 0 Å². The number of hydrogen-bond acceptors (Lipinski definition) is 6. The van der Waals surface area contributed by atoms with E-state index in [1.165, 1.54) is 6.42 Å². The minimum absolute atomic E-state index is 0.303. The van der Waals surface area contributed by atoms with Crippen molar-refractivity contribution in [1.29, 1.82) is 0 Å². The zero-order valence-corrected chi connectivity index (χ0v) is 13.3. The van der Waals surface area contributed by atoms with Crippen molar-refractivity contribution in [2.75, 3.05) is 11.9 Å². The highest BCUT2D eigenvalue weighted by molar-refractivity contribution is 5.47. The van der Waals surface area contributed by atoms with Gasteiger partial charge in [-0.3, -0.25) is 4.90 Å². The van der Waals surface area contributed by atoms with Gasteiger partial charge in [0.2, 0.25) is 5.95 Å². The maximum absolute atomic E-state index is 4.70. The van der Waals surface area contributed by atoms with Gasteiger partial charge in [0, 0.05) is 30.2 Å². The van der Waals surface area contributed by atoms with Crippen LogP contribution in [-0.4, -0.2) is 37.4 Å².